The molecule has 0 aliphatic rings. The summed E-state index contributed by atoms with van der Waals surface area (Å²) in [4.78, 5) is 16.1. The van der Waals surface area contributed by atoms with Gasteiger partial charge in [-0.3, -0.25) is 9.69 Å². The van der Waals surface area contributed by atoms with Crippen molar-refractivity contribution in [3.05, 3.63) is 34.9 Å². The molecule has 0 heterocycles. The van der Waals surface area contributed by atoms with E-state index in [1.807, 2.05) is 43.0 Å². The molecule has 0 spiro atoms. The van der Waals surface area contributed by atoms with E-state index in [9.17, 15) is 9.90 Å². The van der Waals surface area contributed by atoms with Crippen molar-refractivity contribution >= 4 is 17.5 Å². The molecule has 124 valence electrons. The number of aliphatic hydroxyl groups is 1. The molecule has 1 amide bonds. The van der Waals surface area contributed by atoms with E-state index in [4.69, 9.17) is 11.6 Å². The Balaban J connectivity index is 2.69. The number of amides is 1. The third-order valence-corrected chi connectivity index (χ3v) is 4.00. The Morgan fingerprint density at radius 3 is 2.32 bits per heavy atom. The number of hydrogen-bond donors (Lipinski definition) is 1. The Morgan fingerprint density at radius 2 is 1.86 bits per heavy atom. The Hall–Kier alpha value is -1.10. The molecular formula is C17H27ClN2O2. The number of halogens is 1. The van der Waals surface area contributed by atoms with Gasteiger partial charge in [0.05, 0.1) is 18.2 Å². The van der Waals surface area contributed by atoms with Crippen LogP contribution < -0.4 is 0 Å². The van der Waals surface area contributed by atoms with Crippen LogP contribution in [0.15, 0.2) is 24.3 Å². The number of likely N-dealkylation sites (N-methyl/N-ethyl adjacent to an activating group) is 2. The summed E-state index contributed by atoms with van der Waals surface area (Å²) >= 11 is 5.90. The molecule has 0 fully saturated rings. The maximum absolute atomic E-state index is 12.5. The lowest BCUT2D eigenvalue weighted by Gasteiger charge is -2.31. The van der Waals surface area contributed by atoms with Gasteiger partial charge in [-0.15, -0.1) is 0 Å². The maximum atomic E-state index is 12.5. The first-order chi connectivity index (χ1) is 10.1. The molecule has 0 aliphatic heterocycles. The molecule has 4 nitrogen and oxygen atoms in total. The van der Waals surface area contributed by atoms with Crippen LogP contribution >= 0.6 is 11.6 Å². The quantitative estimate of drug-likeness (QED) is 0.837. The van der Waals surface area contributed by atoms with Crippen LogP contribution in [-0.2, 0) is 4.79 Å². The molecular weight excluding hydrogens is 300 g/mol. The van der Waals surface area contributed by atoms with E-state index in [1.54, 1.807) is 25.8 Å². The third-order valence-electron chi connectivity index (χ3n) is 3.74. The summed E-state index contributed by atoms with van der Waals surface area (Å²) in [5.41, 5.74) is 0.238. The number of hydrogen-bond acceptors (Lipinski definition) is 3. The van der Waals surface area contributed by atoms with Gasteiger partial charge >= 0.3 is 0 Å². The van der Waals surface area contributed by atoms with E-state index in [-0.39, 0.29) is 11.9 Å². The lowest BCUT2D eigenvalue weighted by molar-refractivity contribution is -0.133. The monoisotopic (exact) mass is 326 g/mol. The van der Waals surface area contributed by atoms with Crippen molar-refractivity contribution in [1.82, 2.24) is 9.80 Å². The first-order valence-corrected chi connectivity index (χ1v) is 7.97. The van der Waals surface area contributed by atoms with Gasteiger partial charge in [0.25, 0.3) is 0 Å². The number of nitrogens with zero attached hydrogens (tertiary/aromatic N) is 2. The molecule has 0 aliphatic carbocycles. The fourth-order valence-electron chi connectivity index (χ4n) is 2.31. The minimum Gasteiger partial charge on any atom is -0.389 e. The summed E-state index contributed by atoms with van der Waals surface area (Å²) in [7, 11) is 1.81. The second kappa shape index (κ2) is 7.95. The molecule has 0 bridgehead atoms. The fraction of sp³-hybridized carbons (Fsp3) is 0.588. The molecule has 22 heavy (non-hydrogen) atoms. The molecule has 0 saturated carbocycles. The SMILES string of the molecule is CCN(CC(=O)N(C)C(C)c1ccc(Cl)cc1)CC(C)(C)O. The first kappa shape index (κ1) is 18.9. The van der Waals surface area contributed by atoms with Crippen LogP contribution in [0.3, 0.4) is 0 Å². The lowest BCUT2D eigenvalue weighted by Crippen LogP contribution is -2.44. The normalized spacial score (nSPS) is 13.3. The average Bonchev–Trinajstić information content (AvgIpc) is 2.44. The van der Waals surface area contributed by atoms with Crippen molar-refractivity contribution < 1.29 is 9.90 Å². The van der Waals surface area contributed by atoms with Gasteiger partial charge in [0, 0.05) is 18.6 Å². The van der Waals surface area contributed by atoms with E-state index in [0.29, 0.717) is 18.1 Å². The fourth-order valence-corrected chi connectivity index (χ4v) is 2.44. The molecule has 1 N–H and O–H groups in total. The largest absolute Gasteiger partial charge is 0.389 e. The molecule has 0 aromatic heterocycles. The molecule has 1 aromatic rings. The molecule has 1 rings (SSSR count). The predicted octanol–water partition coefficient (Wildman–Crippen LogP) is 2.95. The minimum atomic E-state index is -0.809. The van der Waals surface area contributed by atoms with Gasteiger partial charge in [-0.05, 0) is 45.0 Å². The molecule has 5 heteroatoms. The van der Waals surface area contributed by atoms with Gasteiger partial charge in [0.2, 0.25) is 5.91 Å². The van der Waals surface area contributed by atoms with Crippen molar-refractivity contribution in [1.29, 1.82) is 0 Å². The molecule has 1 atom stereocenters. The van der Waals surface area contributed by atoms with Crippen LogP contribution in [0.4, 0.5) is 0 Å². The summed E-state index contributed by atoms with van der Waals surface area (Å²) in [6.45, 7) is 8.97. The van der Waals surface area contributed by atoms with Crippen LogP contribution in [0, 0.1) is 0 Å². The van der Waals surface area contributed by atoms with Crippen molar-refractivity contribution in [2.24, 2.45) is 0 Å². The van der Waals surface area contributed by atoms with Crippen molar-refractivity contribution in [2.75, 3.05) is 26.7 Å². The van der Waals surface area contributed by atoms with Crippen molar-refractivity contribution in [2.45, 2.75) is 39.3 Å². The third kappa shape index (κ3) is 5.95. The van der Waals surface area contributed by atoms with Crippen LogP contribution in [0.1, 0.15) is 39.3 Å². The van der Waals surface area contributed by atoms with Gasteiger partial charge in [-0.2, -0.15) is 0 Å². The Morgan fingerprint density at radius 1 is 1.32 bits per heavy atom. The van der Waals surface area contributed by atoms with Gasteiger partial charge in [0.15, 0.2) is 0 Å². The smallest absolute Gasteiger partial charge is 0.236 e. The summed E-state index contributed by atoms with van der Waals surface area (Å²) in [5, 5.41) is 10.6. The zero-order valence-corrected chi connectivity index (χ0v) is 14.9. The molecule has 0 radical (unpaired) electrons. The highest BCUT2D eigenvalue weighted by Crippen LogP contribution is 2.21. The molecule has 1 aromatic carbocycles. The molecule has 1 unspecified atom stereocenters. The van der Waals surface area contributed by atoms with Crippen LogP contribution in [0.5, 0.6) is 0 Å². The Labute approximate surface area is 138 Å². The highest BCUT2D eigenvalue weighted by molar-refractivity contribution is 6.30. The van der Waals surface area contributed by atoms with E-state index < -0.39 is 5.60 Å². The van der Waals surface area contributed by atoms with Crippen LogP contribution in [-0.4, -0.2) is 53.1 Å². The topological polar surface area (TPSA) is 43.8 Å². The highest BCUT2D eigenvalue weighted by atomic mass is 35.5. The first-order valence-electron chi connectivity index (χ1n) is 7.60. The van der Waals surface area contributed by atoms with E-state index in [1.165, 1.54) is 0 Å². The zero-order chi connectivity index (χ0) is 16.9. The Bertz CT molecular complexity index is 482. The summed E-state index contributed by atoms with van der Waals surface area (Å²) in [6, 6.07) is 7.51. The standard InChI is InChI=1S/C17H27ClN2O2/c1-6-20(12-17(3,4)22)11-16(21)19(5)13(2)14-7-9-15(18)10-8-14/h7-10,13,22H,6,11-12H2,1-5H3. The van der Waals surface area contributed by atoms with E-state index >= 15 is 0 Å². The van der Waals surface area contributed by atoms with Gasteiger partial charge in [0.1, 0.15) is 0 Å². The van der Waals surface area contributed by atoms with Gasteiger partial charge in [-0.1, -0.05) is 30.7 Å². The minimum absolute atomic E-state index is 0.0226. The van der Waals surface area contributed by atoms with Crippen LogP contribution in [0.2, 0.25) is 5.02 Å². The second-order valence-corrected chi connectivity index (χ2v) is 6.78. The zero-order valence-electron chi connectivity index (χ0n) is 14.1. The lowest BCUT2D eigenvalue weighted by atomic mass is 10.1. The molecule has 0 saturated heterocycles. The van der Waals surface area contributed by atoms with Crippen molar-refractivity contribution in [3.8, 4) is 0 Å². The summed E-state index contributed by atoms with van der Waals surface area (Å²) < 4.78 is 0. The van der Waals surface area contributed by atoms with Gasteiger partial charge in [-0.25, -0.2) is 0 Å². The highest BCUT2D eigenvalue weighted by Gasteiger charge is 2.23. The Kier molecular flexibility index (Phi) is 6.85. The maximum Gasteiger partial charge on any atom is 0.236 e. The number of benzene rings is 1. The summed E-state index contributed by atoms with van der Waals surface area (Å²) in [6.07, 6.45) is 0. The van der Waals surface area contributed by atoms with Crippen LogP contribution in [0.25, 0.3) is 0 Å². The second-order valence-electron chi connectivity index (χ2n) is 6.35. The van der Waals surface area contributed by atoms with E-state index in [0.717, 1.165) is 12.1 Å². The number of rotatable bonds is 7. The van der Waals surface area contributed by atoms with Gasteiger partial charge < -0.3 is 10.0 Å². The average molecular weight is 327 g/mol. The predicted molar refractivity (Wildman–Crippen MR) is 91.0 cm³/mol. The summed E-state index contributed by atoms with van der Waals surface area (Å²) in [5.74, 6) is 0.0357. The van der Waals surface area contributed by atoms with Crippen molar-refractivity contribution in [3.63, 3.8) is 0 Å². The van der Waals surface area contributed by atoms with E-state index in [2.05, 4.69) is 0 Å². The number of carbonyl (C=O) groups is 1. The number of carbonyl (C=O) groups excluding carboxylic acids is 1.